The Morgan fingerprint density at radius 1 is 1.12 bits per heavy atom. The lowest BCUT2D eigenvalue weighted by Gasteiger charge is -2.47. The first kappa shape index (κ1) is 20.0. The lowest BCUT2D eigenvalue weighted by Crippen LogP contribution is -2.39. The first-order valence-electron chi connectivity index (χ1n) is 11.5. The zero-order valence-corrected chi connectivity index (χ0v) is 19.1. The SMILES string of the molecule is Cc1cnc2[nH]cc(-c3nc(C[C@H]4C5CCC(CC5)[C@@H]4C)c(F)c(-c4cccs4)n3)c2n1. The number of aromatic amines is 1. The van der Waals surface area contributed by atoms with Crippen molar-refractivity contribution in [2.75, 3.05) is 0 Å². The van der Waals surface area contributed by atoms with E-state index in [1.807, 2.05) is 30.6 Å². The molecule has 0 unspecified atom stereocenters. The summed E-state index contributed by atoms with van der Waals surface area (Å²) >= 11 is 1.50. The number of fused-ring (bicyclic) bond motifs is 4. The second-order valence-electron chi connectivity index (χ2n) is 9.45. The number of halogens is 1. The summed E-state index contributed by atoms with van der Waals surface area (Å²) in [7, 11) is 0. The van der Waals surface area contributed by atoms with Gasteiger partial charge in [0, 0.05) is 6.20 Å². The fraction of sp³-hybridized carbons (Fsp3) is 0.440. The molecule has 164 valence electrons. The van der Waals surface area contributed by atoms with Crippen LogP contribution in [0.4, 0.5) is 4.39 Å². The molecule has 0 amide bonds. The lowest BCUT2D eigenvalue weighted by molar-refractivity contribution is 0.0334. The van der Waals surface area contributed by atoms with Crippen LogP contribution >= 0.6 is 11.3 Å². The van der Waals surface area contributed by atoms with Gasteiger partial charge in [-0.25, -0.2) is 24.3 Å². The van der Waals surface area contributed by atoms with Gasteiger partial charge in [-0.3, -0.25) is 0 Å². The van der Waals surface area contributed by atoms with Crippen molar-refractivity contribution in [3.8, 4) is 22.0 Å². The fourth-order valence-corrected chi connectivity index (χ4v) is 6.64. The molecule has 5 nitrogen and oxygen atoms in total. The number of aryl methyl sites for hydroxylation is 1. The maximum Gasteiger partial charge on any atom is 0.171 e. The fourth-order valence-electron chi connectivity index (χ4n) is 5.93. The van der Waals surface area contributed by atoms with Crippen LogP contribution in [0.5, 0.6) is 0 Å². The molecule has 0 spiro atoms. The molecule has 32 heavy (non-hydrogen) atoms. The third kappa shape index (κ3) is 3.25. The minimum absolute atomic E-state index is 0.271. The molecule has 3 fully saturated rings. The highest BCUT2D eigenvalue weighted by Crippen LogP contribution is 2.50. The van der Waals surface area contributed by atoms with Gasteiger partial charge in [0.1, 0.15) is 11.2 Å². The molecule has 4 aromatic heterocycles. The number of thiophene rings is 1. The van der Waals surface area contributed by atoms with E-state index in [2.05, 4.69) is 21.9 Å². The summed E-state index contributed by atoms with van der Waals surface area (Å²) in [5.41, 5.74) is 3.95. The van der Waals surface area contributed by atoms with Crippen LogP contribution in [0.25, 0.3) is 33.1 Å². The van der Waals surface area contributed by atoms with Gasteiger partial charge in [0.2, 0.25) is 0 Å². The Kier molecular flexibility index (Phi) is 4.82. The molecular formula is C25H26FN5S. The highest BCUT2D eigenvalue weighted by atomic mass is 32.1. The highest BCUT2D eigenvalue weighted by Gasteiger charge is 2.41. The van der Waals surface area contributed by atoms with Gasteiger partial charge >= 0.3 is 0 Å². The van der Waals surface area contributed by atoms with Gasteiger partial charge < -0.3 is 4.98 Å². The minimum Gasteiger partial charge on any atom is -0.344 e. The van der Waals surface area contributed by atoms with Gasteiger partial charge in [-0.1, -0.05) is 13.0 Å². The Bertz CT molecular complexity index is 1270. The smallest absolute Gasteiger partial charge is 0.171 e. The molecular weight excluding hydrogens is 421 g/mol. The van der Waals surface area contributed by atoms with Crippen LogP contribution in [-0.4, -0.2) is 24.9 Å². The standard InChI is InChI=1S/C25H26FN5S/c1-13-11-27-25-22(29-13)18(12-28-25)24-30-19(21(26)23(31-24)20-4-3-9-32-20)10-17-14(2)15-5-7-16(17)8-6-15/h3-4,9,11-12,14-17H,5-8,10H2,1-2H3,(H,27,28)/t14-,15?,16?,17+/m0/s1. The van der Waals surface area contributed by atoms with E-state index < -0.39 is 0 Å². The summed E-state index contributed by atoms with van der Waals surface area (Å²) in [5, 5.41) is 1.96. The van der Waals surface area contributed by atoms with Crippen molar-refractivity contribution >= 4 is 22.5 Å². The van der Waals surface area contributed by atoms with Crippen LogP contribution in [0.1, 0.15) is 44.0 Å². The van der Waals surface area contributed by atoms with Crippen LogP contribution in [0, 0.1) is 36.4 Å². The Balaban J connectivity index is 1.48. The summed E-state index contributed by atoms with van der Waals surface area (Å²) in [6, 6.07) is 3.86. The molecule has 7 rings (SSSR count). The summed E-state index contributed by atoms with van der Waals surface area (Å²) < 4.78 is 15.8. The number of nitrogens with one attached hydrogen (secondary N) is 1. The zero-order valence-electron chi connectivity index (χ0n) is 18.3. The van der Waals surface area contributed by atoms with Crippen molar-refractivity contribution in [3.63, 3.8) is 0 Å². The number of nitrogens with zero attached hydrogens (tertiary/aromatic N) is 4. The van der Waals surface area contributed by atoms with Crippen LogP contribution in [-0.2, 0) is 6.42 Å². The average Bonchev–Trinajstić information content (AvgIpc) is 3.48. The summed E-state index contributed by atoms with van der Waals surface area (Å²) in [5.74, 6) is 2.81. The Morgan fingerprint density at radius 3 is 2.69 bits per heavy atom. The van der Waals surface area contributed by atoms with E-state index in [0.29, 0.717) is 47.0 Å². The van der Waals surface area contributed by atoms with E-state index >= 15 is 4.39 Å². The molecule has 1 N–H and O–H groups in total. The van der Waals surface area contributed by atoms with Crippen molar-refractivity contribution in [2.45, 2.75) is 46.0 Å². The topological polar surface area (TPSA) is 67.3 Å². The number of rotatable bonds is 4. The molecule has 0 radical (unpaired) electrons. The molecule has 4 heterocycles. The Hall–Kier alpha value is -2.67. The largest absolute Gasteiger partial charge is 0.344 e. The highest BCUT2D eigenvalue weighted by molar-refractivity contribution is 7.13. The second kappa shape index (κ2) is 7.73. The van der Waals surface area contributed by atoms with Crippen molar-refractivity contribution in [1.82, 2.24) is 24.9 Å². The summed E-state index contributed by atoms with van der Waals surface area (Å²) in [4.78, 5) is 22.6. The van der Waals surface area contributed by atoms with Gasteiger partial charge in [-0.15, -0.1) is 11.3 Å². The lowest BCUT2D eigenvalue weighted by atomic mass is 9.58. The predicted octanol–water partition coefficient (Wildman–Crippen LogP) is 6.21. The third-order valence-electron chi connectivity index (χ3n) is 7.69. The van der Waals surface area contributed by atoms with E-state index in [1.165, 1.54) is 37.0 Å². The number of aromatic nitrogens is 5. The molecule has 3 aliphatic carbocycles. The molecule has 0 aromatic carbocycles. The zero-order chi connectivity index (χ0) is 21.8. The molecule has 3 aliphatic rings. The van der Waals surface area contributed by atoms with Crippen LogP contribution < -0.4 is 0 Å². The van der Waals surface area contributed by atoms with Gasteiger partial charge in [-0.05, 0) is 74.1 Å². The molecule has 2 bridgehead atoms. The summed E-state index contributed by atoms with van der Waals surface area (Å²) in [6.45, 7) is 4.27. The van der Waals surface area contributed by atoms with E-state index in [1.54, 1.807) is 6.20 Å². The van der Waals surface area contributed by atoms with E-state index in [4.69, 9.17) is 9.97 Å². The van der Waals surface area contributed by atoms with Crippen molar-refractivity contribution in [2.24, 2.45) is 23.7 Å². The predicted molar refractivity (Wildman–Crippen MR) is 125 cm³/mol. The van der Waals surface area contributed by atoms with Crippen molar-refractivity contribution in [1.29, 1.82) is 0 Å². The van der Waals surface area contributed by atoms with E-state index in [-0.39, 0.29) is 5.82 Å². The molecule has 0 aliphatic heterocycles. The molecule has 3 saturated carbocycles. The Labute approximate surface area is 190 Å². The first-order valence-corrected chi connectivity index (χ1v) is 12.4. The second-order valence-corrected chi connectivity index (χ2v) is 10.4. The molecule has 7 heteroatoms. The maximum atomic E-state index is 15.8. The number of hydrogen-bond donors (Lipinski definition) is 1. The van der Waals surface area contributed by atoms with Gasteiger partial charge in [0.05, 0.1) is 28.0 Å². The van der Waals surface area contributed by atoms with Gasteiger partial charge in [0.15, 0.2) is 17.3 Å². The minimum atomic E-state index is -0.271. The van der Waals surface area contributed by atoms with E-state index in [0.717, 1.165) is 27.6 Å². The molecule has 4 aromatic rings. The third-order valence-corrected chi connectivity index (χ3v) is 8.56. The molecule has 2 atom stereocenters. The molecule has 0 saturated heterocycles. The quantitative estimate of drug-likeness (QED) is 0.404. The van der Waals surface area contributed by atoms with Crippen LogP contribution in [0.2, 0.25) is 0 Å². The van der Waals surface area contributed by atoms with Gasteiger partial charge in [-0.2, -0.15) is 0 Å². The van der Waals surface area contributed by atoms with Crippen molar-refractivity contribution in [3.05, 3.63) is 47.1 Å². The maximum absolute atomic E-state index is 15.8. The van der Waals surface area contributed by atoms with Gasteiger partial charge in [0.25, 0.3) is 0 Å². The van der Waals surface area contributed by atoms with Crippen LogP contribution in [0.3, 0.4) is 0 Å². The van der Waals surface area contributed by atoms with Crippen LogP contribution in [0.15, 0.2) is 29.9 Å². The number of H-pyrrole nitrogens is 1. The average molecular weight is 448 g/mol. The number of hydrogen-bond acceptors (Lipinski definition) is 5. The van der Waals surface area contributed by atoms with Crippen molar-refractivity contribution < 1.29 is 4.39 Å². The monoisotopic (exact) mass is 447 g/mol. The van der Waals surface area contributed by atoms with E-state index in [9.17, 15) is 0 Å². The summed E-state index contributed by atoms with van der Waals surface area (Å²) in [6.07, 6.45) is 9.44. The Morgan fingerprint density at radius 2 is 1.94 bits per heavy atom. The normalized spacial score (nSPS) is 25.0. The first-order chi connectivity index (χ1) is 15.6.